The van der Waals surface area contributed by atoms with Gasteiger partial charge < -0.3 is 19.7 Å². The minimum atomic E-state index is -0.897. The highest BCUT2D eigenvalue weighted by molar-refractivity contribution is 5.97. The van der Waals surface area contributed by atoms with Crippen LogP contribution in [0.25, 0.3) is 0 Å². The van der Waals surface area contributed by atoms with Gasteiger partial charge in [0.15, 0.2) is 6.10 Å². The molecule has 0 radical (unpaired) electrons. The highest BCUT2D eigenvalue weighted by Crippen LogP contribution is 2.20. The third kappa shape index (κ3) is 5.57. The second-order valence-corrected chi connectivity index (χ2v) is 7.46. The smallest absolute Gasteiger partial charge is 0.338 e. The van der Waals surface area contributed by atoms with Gasteiger partial charge >= 0.3 is 5.97 Å². The summed E-state index contributed by atoms with van der Waals surface area (Å²) in [7, 11) is 0. The first kappa shape index (κ1) is 20.9. The fourth-order valence-electron chi connectivity index (χ4n) is 3.11. The molecule has 6 heteroatoms. The van der Waals surface area contributed by atoms with Gasteiger partial charge in [-0.15, -0.1) is 0 Å². The topological polar surface area (TPSA) is 67.9 Å². The molecular formula is C23H28N2O4. The number of esters is 1. The molecule has 2 aromatic carbocycles. The Labute approximate surface area is 171 Å². The first-order valence-corrected chi connectivity index (χ1v) is 9.98. The van der Waals surface area contributed by atoms with Crippen LogP contribution in [-0.4, -0.2) is 44.3 Å². The Balaban J connectivity index is 1.53. The fraction of sp³-hybridized carbons (Fsp3) is 0.391. The van der Waals surface area contributed by atoms with Crippen LogP contribution < -0.4 is 10.2 Å². The third-order valence-corrected chi connectivity index (χ3v) is 4.98. The van der Waals surface area contributed by atoms with Crippen molar-refractivity contribution >= 4 is 23.3 Å². The third-order valence-electron chi connectivity index (χ3n) is 4.98. The highest BCUT2D eigenvalue weighted by atomic mass is 16.5. The number of benzene rings is 2. The second kappa shape index (κ2) is 9.56. The minimum absolute atomic E-state index is 0.365. The molecule has 1 aliphatic rings. The summed E-state index contributed by atoms with van der Waals surface area (Å²) in [5.41, 5.74) is 3.34. The normalized spacial score (nSPS) is 15.1. The van der Waals surface area contributed by atoms with Crippen molar-refractivity contribution in [3.63, 3.8) is 0 Å². The van der Waals surface area contributed by atoms with Crippen molar-refractivity contribution in [3.05, 3.63) is 59.7 Å². The van der Waals surface area contributed by atoms with Gasteiger partial charge in [0, 0.05) is 24.5 Å². The monoisotopic (exact) mass is 396 g/mol. The molecule has 1 heterocycles. The number of nitrogens with zero attached hydrogens (tertiary/aromatic N) is 1. The lowest BCUT2D eigenvalue weighted by molar-refractivity contribution is -0.123. The number of carbonyl (C=O) groups is 2. The Hall–Kier alpha value is -2.86. The van der Waals surface area contributed by atoms with Crippen molar-refractivity contribution in [2.24, 2.45) is 0 Å². The molecule has 0 unspecified atom stereocenters. The van der Waals surface area contributed by atoms with Gasteiger partial charge in [-0.05, 0) is 54.8 Å². The molecule has 6 nitrogen and oxygen atoms in total. The number of nitrogens with one attached hydrogen (secondary N) is 1. The Bertz CT molecular complexity index is 825. The highest BCUT2D eigenvalue weighted by Gasteiger charge is 2.19. The zero-order valence-corrected chi connectivity index (χ0v) is 17.2. The largest absolute Gasteiger partial charge is 0.449 e. The maximum atomic E-state index is 12.4. The maximum absolute atomic E-state index is 12.4. The molecule has 0 spiro atoms. The lowest BCUT2D eigenvalue weighted by Gasteiger charge is -2.28. The quantitative estimate of drug-likeness (QED) is 0.752. The first-order valence-electron chi connectivity index (χ1n) is 9.98. The molecule has 154 valence electrons. The predicted molar refractivity (Wildman–Crippen MR) is 114 cm³/mol. The Morgan fingerprint density at radius 3 is 2.17 bits per heavy atom. The Kier molecular flexibility index (Phi) is 6.88. The van der Waals surface area contributed by atoms with Gasteiger partial charge in [0.1, 0.15) is 0 Å². The van der Waals surface area contributed by atoms with Gasteiger partial charge in [-0.25, -0.2) is 4.79 Å². The molecule has 2 aromatic rings. The van der Waals surface area contributed by atoms with E-state index in [9.17, 15) is 9.59 Å². The van der Waals surface area contributed by atoms with E-state index in [1.807, 2.05) is 36.4 Å². The summed E-state index contributed by atoms with van der Waals surface area (Å²) < 4.78 is 10.7. The number of anilines is 2. The molecule has 1 fully saturated rings. The molecule has 0 bridgehead atoms. The zero-order chi connectivity index (χ0) is 20.8. The lowest BCUT2D eigenvalue weighted by atomic mass is 10.0. The van der Waals surface area contributed by atoms with Gasteiger partial charge in [0.05, 0.1) is 18.8 Å². The SMILES string of the molecule is CC(C)c1ccc(C(=O)O[C@@H](C)C(=O)Nc2ccc(N3CCOCC3)cc2)cc1. The van der Waals surface area contributed by atoms with E-state index in [-0.39, 0.29) is 5.91 Å². The minimum Gasteiger partial charge on any atom is -0.449 e. The maximum Gasteiger partial charge on any atom is 0.338 e. The summed E-state index contributed by atoms with van der Waals surface area (Å²) in [4.78, 5) is 26.9. The lowest BCUT2D eigenvalue weighted by Crippen LogP contribution is -2.36. The van der Waals surface area contributed by atoms with Crippen molar-refractivity contribution in [1.82, 2.24) is 0 Å². The van der Waals surface area contributed by atoms with Gasteiger partial charge in [-0.2, -0.15) is 0 Å². The van der Waals surface area contributed by atoms with Crippen molar-refractivity contribution in [1.29, 1.82) is 0 Å². The molecule has 1 N–H and O–H groups in total. The first-order chi connectivity index (χ1) is 13.9. The van der Waals surface area contributed by atoms with E-state index in [1.165, 1.54) is 0 Å². The predicted octanol–water partition coefficient (Wildman–Crippen LogP) is 3.83. The Morgan fingerprint density at radius 1 is 0.966 bits per heavy atom. The average Bonchev–Trinajstić information content (AvgIpc) is 2.74. The number of morpholine rings is 1. The van der Waals surface area contributed by atoms with E-state index in [0.29, 0.717) is 17.2 Å². The van der Waals surface area contributed by atoms with Crippen LogP contribution in [0.5, 0.6) is 0 Å². The average molecular weight is 396 g/mol. The summed E-state index contributed by atoms with van der Waals surface area (Å²) in [5, 5.41) is 2.79. The number of ether oxygens (including phenoxy) is 2. The summed E-state index contributed by atoms with van der Waals surface area (Å²) in [6, 6.07) is 14.9. The van der Waals surface area contributed by atoms with Crippen molar-refractivity contribution < 1.29 is 19.1 Å². The second-order valence-electron chi connectivity index (χ2n) is 7.46. The van der Waals surface area contributed by atoms with Crippen molar-refractivity contribution in [3.8, 4) is 0 Å². The van der Waals surface area contributed by atoms with Crippen LogP contribution in [0.3, 0.4) is 0 Å². The van der Waals surface area contributed by atoms with Crippen LogP contribution in [0.2, 0.25) is 0 Å². The molecule has 3 rings (SSSR count). The zero-order valence-electron chi connectivity index (χ0n) is 17.2. The van der Waals surface area contributed by atoms with Crippen LogP contribution in [0.15, 0.2) is 48.5 Å². The molecule has 1 atom stereocenters. The van der Waals surface area contributed by atoms with Crippen LogP contribution >= 0.6 is 0 Å². The molecule has 0 aliphatic carbocycles. The number of rotatable bonds is 6. The number of carbonyl (C=O) groups excluding carboxylic acids is 2. The fourth-order valence-corrected chi connectivity index (χ4v) is 3.11. The van der Waals surface area contributed by atoms with E-state index in [2.05, 4.69) is 24.1 Å². The van der Waals surface area contributed by atoms with Crippen LogP contribution in [0, 0.1) is 0 Å². The molecular weight excluding hydrogens is 368 g/mol. The van der Waals surface area contributed by atoms with E-state index >= 15 is 0 Å². The van der Waals surface area contributed by atoms with Crippen LogP contribution in [0.4, 0.5) is 11.4 Å². The van der Waals surface area contributed by atoms with Gasteiger partial charge in [-0.3, -0.25) is 4.79 Å². The molecule has 29 heavy (non-hydrogen) atoms. The van der Waals surface area contributed by atoms with Crippen LogP contribution in [0.1, 0.15) is 42.6 Å². The van der Waals surface area contributed by atoms with Gasteiger partial charge in [-0.1, -0.05) is 26.0 Å². The van der Waals surface area contributed by atoms with Crippen LogP contribution in [-0.2, 0) is 14.3 Å². The van der Waals surface area contributed by atoms with Crippen molar-refractivity contribution in [2.45, 2.75) is 32.8 Å². The summed E-state index contributed by atoms with van der Waals surface area (Å²) in [6.45, 7) is 8.91. The standard InChI is InChI=1S/C23H28N2O4/c1-16(2)18-4-6-19(7-5-18)23(27)29-17(3)22(26)24-20-8-10-21(11-9-20)25-12-14-28-15-13-25/h4-11,16-17H,12-15H2,1-3H3,(H,24,26)/t17-/m0/s1. The molecule has 1 saturated heterocycles. The van der Waals surface area contributed by atoms with E-state index in [0.717, 1.165) is 37.6 Å². The summed E-state index contributed by atoms with van der Waals surface area (Å²) >= 11 is 0. The summed E-state index contributed by atoms with van der Waals surface area (Å²) in [5.74, 6) is -0.485. The Morgan fingerprint density at radius 2 is 1.59 bits per heavy atom. The van der Waals surface area contributed by atoms with Gasteiger partial charge in [0.2, 0.25) is 0 Å². The number of amides is 1. The van der Waals surface area contributed by atoms with E-state index < -0.39 is 12.1 Å². The number of hydrogen-bond acceptors (Lipinski definition) is 5. The molecule has 1 amide bonds. The van der Waals surface area contributed by atoms with E-state index in [4.69, 9.17) is 9.47 Å². The molecule has 0 saturated carbocycles. The number of hydrogen-bond donors (Lipinski definition) is 1. The van der Waals surface area contributed by atoms with Gasteiger partial charge in [0.25, 0.3) is 5.91 Å². The van der Waals surface area contributed by atoms with Crippen molar-refractivity contribution in [2.75, 3.05) is 36.5 Å². The molecule has 1 aliphatic heterocycles. The van der Waals surface area contributed by atoms with E-state index in [1.54, 1.807) is 19.1 Å². The molecule has 0 aromatic heterocycles. The summed E-state index contributed by atoms with van der Waals surface area (Å²) in [6.07, 6.45) is -0.897.